The summed E-state index contributed by atoms with van der Waals surface area (Å²) in [7, 11) is 1.91. The van der Waals surface area contributed by atoms with Crippen LogP contribution in [0, 0.1) is 27.7 Å². The highest BCUT2D eigenvalue weighted by molar-refractivity contribution is 5.91. The molecule has 100 valence electrons. The van der Waals surface area contributed by atoms with E-state index >= 15 is 0 Å². The fourth-order valence-corrected chi connectivity index (χ4v) is 2.41. The Hall–Kier alpha value is -2.03. The van der Waals surface area contributed by atoms with E-state index in [1.165, 1.54) is 16.7 Å². The van der Waals surface area contributed by atoms with Gasteiger partial charge in [-0.15, -0.1) is 0 Å². The van der Waals surface area contributed by atoms with Crippen molar-refractivity contribution in [3.63, 3.8) is 0 Å². The van der Waals surface area contributed by atoms with Gasteiger partial charge in [0.05, 0.1) is 5.56 Å². The molecule has 3 heteroatoms. The zero-order valence-corrected chi connectivity index (χ0v) is 12.0. The van der Waals surface area contributed by atoms with E-state index in [9.17, 15) is 9.90 Å². The number of carboxylic acid groups (broad SMARTS) is 1. The second-order valence-electron chi connectivity index (χ2n) is 5.14. The van der Waals surface area contributed by atoms with E-state index in [1.807, 2.05) is 18.5 Å². The highest BCUT2D eigenvalue weighted by Crippen LogP contribution is 2.29. The zero-order valence-electron chi connectivity index (χ0n) is 12.0. The third-order valence-electron chi connectivity index (χ3n) is 3.88. The molecule has 0 amide bonds. The van der Waals surface area contributed by atoms with Crippen molar-refractivity contribution >= 4 is 5.97 Å². The summed E-state index contributed by atoms with van der Waals surface area (Å²) in [6.45, 7) is 8.06. The zero-order chi connectivity index (χ0) is 14.3. The Bertz CT molecular complexity index is 666. The molecule has 0 saturated heterocycles. The molecule has 0 atom stereocenters. The average Bonchev–Trinajstić information content (AvgIpc) is 2.62. The number of aromatic carboxylic acids is 1. The summed E-state index contributed by atoms with van der Waals surface area (Å²) in [5.74, 6) is -0.874. The van der Waals surface area contributed by atoms with Gasteiger partial charge in [-0.3, -0.25) is 0 Å². The fourth-order valence-electron chi connectivity index (χ4n) is 2.41. The smallest absolute Gasteiger partial charge is 0.337 e. The van der Waals surface area contributed by atoms with Crippen LogP contribution in [0.15, 0.2) is 18.2 Å². The number of aryl methyl sites for hydroxylation is 3. The Morgan fingerprint density at radius 3 is 2.11 bits per heavy atom. The van der Waals surface area contributed by atoms with Gasteiger partial charge in [-0.2, -0.15) is 0 Å². The number of rotatable bonds is 2. The predicted octanol–water partition coefficient (Wildman–Crippen LogP) is 3.62. The van der Waals surface area contributed by atoms with Crippen LogP contribution >= 0.6 is 0 Å². The van der Waals surface area contributed by atoms with Crippen molar-refractivity contribution in [2.24, 2.45) is 7.05 Å². The SMILES string of the molecule is Cc1cc(C)c(-c2cc(C(=O)O)c(C)n2C)cc1C. The van der Waals surface area contributed by atoms with Crippen LogP contribution < -0.4 is 0 Å². The Kier molecular flexibility index (Phi) is 3.23. The first kappa shape index (κ1) is 13.4. The monoisotopic (exact) mass is 257 g/mol. The summed E-state index contributed by atoms with van der Waals surface area (Å²) in [5.41, 5.74) is 6.84. The highest BCUT2D eigenvalue weighted by atomic mass is 16.4. The lowest BCUT2D eigenvalue weighted by Crippen LogP contribution is -2.00. The molecule has 0 unspecified atom stereocenters. The molecule has 0 radical (unpaired) electrons. The third kappa shape index (κ3) is 2.16. The molecule has 0 spiro atoms. The van der Waals surface area contributed by atoms with Crippen LogP contribution in [0.1, 0.15) is 32.7 Å². The maximum Gasteiger partial charge on any atom is 0.337 e. The van der Waals surface area contributed by atoms with Gasteiger partial charge < -0.3 is 9.67 Å². The number of hydrogen-bond acceptors (Lipinski definition) is 1. The molecule has 1 aromatic heterocycles. The van der Waals surface area contributed by atoms with Gasteiger partial charge in [-0.05, 0) is 56.5 Å². The normalized spacial score (nSPS) is 10.8. The van der Waals surface area contributed by atoms with Crippen LogP contribution in [0.3, 0.4) is 0 Å². The number of carbonyl (C=O) groups is 1. The van der Waals surface area contributed by atoms with Crippen molar-refractivity contribution < 1.29 is 9.90 Å². The Balaban J connectivity index is 2.69. The maximum atomic E-state index is 11.2. The molecule has 0 fully saturated rings. The molecule has 0 saturated carbocycles. The number of hydrogen-bond donors (Lipinski definition) is 1. The molecule has 0 aliphatic heterocycles. The standard InChI is InChI=1S/C16H19NO2/c1-9-6-11(3)13(7-10(9)2)15-8-14(16(18)19)12(4)17(15)5/h6-8H,1-5H3,(H,18,19). The van der Waals surface area contributed by atoms with Crippen LogP contribution in [-0.2, 0) is 7.05 Å². The van der Waals surface area contributed by atoms with E-state index in [2.05, 4.69) is 32.9 Å². The number of nitrogens with zero attached hydrogens (tertiary/aromatic N) is 1. The minimum Gasteiger partial charge on any atom is -0.478 e. The van der Waals surface area contributed by atoms with Crippen LogP contribution in [0.5, 0.6) is 0 Å². The highest BCUT2D eigenvalue weighted by Gasteiger charge is 2.17. The van der Waals surface area contributed by atoms with Crippen molar-refractivity contribution in [1.29, 1.82) is 0 Å². The van der Waals surface area contributed by atoms with Gasteiger partial charge in [0.15, 0.2) is 0 Å². The van der Waals surface area contributed by atoms with Crippen molar-refractivity contribution in [2.45, 2.75) is 27.7 Å². The van der Waals surface area contributed by atoms with Crippen molar-refractivity contribution in [3.05, 3.63) is 46.1 Å². The van der Waals surface area contributed by atoms with E-state index < -0.39 is 5.97 Å². The van der Waals surface area contributed by atoms with Crippen LogP contribution in [0.2, 0.25) is 0 Å². The summed E-state index contributed by atoms with van der Waals surface area (Å²) in [6.07, 6.45) is 0. The van der Waals surface area contributed by atoms with Crippen LogP contribution in [-0.4, -0.2) is 15.6 Å². The van der Waals surface area contributed by atoms with Gasteiger partial charge >= 0.3 is 5.97 Å². The average molecular weight is 257 g/mol. The van der Waals surface area contributed by atoms with Gasteiger partial charge in [0.1, 0.15) is 0 Å². The molecule has 3 nitrogen and oxygen atoms in total. The number of carboxylic acids is 1. The Labute approximate surface area is 113 Å². The fraction of sp³-hybridized carbons (Fsp3) is 0.312. The summed E-state index contributed by atoms with van der Waals surface area (Å²) in [6, 6.07) is 6.04. The van der Waals surface area contributed by atoms with E-state index in [0.29, 0.717) is 5.56 Å². The minimum absolute atomic E-state index is 0.370. The predicted molar refractivity (Wildman–Crippen MR) is 76.8 cm³/mol. The number of aromatic nitrogens is 1. The summed E-state index contributed by atoms with van der Waals surface area (Å²) >= 11 is 0. The molecular formula is C16H19NO2. The molecule has 1 N–H and O–H groups in total. The largest absolute Gasteiger partial charge is 0.478 e. The molecular weight excluding hydrogens is 238 g/mol. The molecule has 0 bridgehead atoms. The lowest BCUT2D eigenvalue weighted by atomic mass is 9.98. The van der Waals surface area contributed by atoms with Gasteiger partial charge in [-0.1, -0.05) is 6.07 Å². The summed E-state index contributed by atoms with van der Waals surface area (Å²) in [5, 5.41) is 9.21. The summed E-state index contributed by atoms with van der Waals surface area (Å²) < 4.78 is 1.94. The van der Waals surface area contributed by atoms with E-state index in [0.717, 1.165) is 17.0 Å². The first-order chi connectivity index (χ1) is 8.82. The van der Waals surface area contributed by atoms with Gasteiger partial charge in [-0.25, -0.2) is 4.79 Å². The first-order valence-electron chi connectivity index (χ1n) is 6.30. The molecule has 19 heavy (non-hydrogen) atoms. The van der Waals surface area contributed by atoms with Crippen molar-refractivity contribution in [1.82, 2.24) is 4.57 Å². The second kappa shape index (κ2) is 4.57. The van der Waals surface area contributed by atoms with E-state index in [4.69, 9.17) is 0 Å². The number of benzene rings is 1. The molecule has 2 aromatic rings. The quantitative estimate of drug-likeness (QED) is 0.892. The van der Waals surface area contributed by atoms with Gasteiger partial charge in [0, 0.05) is 24.0 Å². The van der Waals surface area contributed by atoms with Crippen molar-refractivity contribution in [3.8, 4) is 11.3 Å². The van der Waals surface area contributed by atoms with Crippen molar-refractivity contribution in [2.75, 3.05) is 0 Å². The summed E-state index contributed by atoms with van der Waals surface area (Å²) in [4.78, 5) is 11.2. The molecule has 0 aliphatic carbocycles. The first-order valence-corrected chi connectivity index (χ1v) is 6.30. The Morgan fingerprint density at radius 2 is 1.58 bits per heavy atom. The van der Waals surface area contributed by atoms with Crippen LogP contribution in [0.25, 0.3) is 11.3 Å². The van der Waals surface area contributed by atoms with Crippen LogP contribution in [0.4, 0.5) is 0 Å². The molecule has 1 aromatic carbocycles. The molecule has 2 rings (SSSR count). The lowest BCUT2D eigenvalue weighted by molar-refractivity contribution is 0.0696. The Morgan fingerprint density at radius 1 is 1.00 bits per heavy atom. The molecule has 0 aliphatic rings. The third-order valence-corrected chi connectivity index (χ3v) is 3.88. The minimum atomic E-state index is -0.874. The lowest BCUT2D eigenvalue weighted by Gasteiger charge is -2.11. The second-order valence-corrected chi connectivity index (χ2v) is 5.14. The molecule has 1 heterocycles. The van der Waals surface area contributed by atoms with E-state index in [1.54, 1.807) is 6.07 Å². The van der Waals surface area contributed by atoms with E-state index in [-0.39, 0.29) is 0 Å². The van der Waals surface area contributed by atoms with Gasteiger partial charge in [0.25, 0.3) is 0 Å². The topological polar surface area (TPSA) is 42.2 Å². The van der Waals surface area contributed by atoms with Gasteiger partial charge in [0.2, 0.25) is 0 Å². The maximum absolute atomic E-state index is 11.2.